The molecule has 4 aromatic rings. The SMILES string of the molecule is CNc1ncc2cc(-c3cc(C(=O)Nc4cc(C(F)(F)F)ccc4OCCCN(C)C)ccc3C)ccc2n1. The number of rotatable bonds is 9. The van der Waals surface area contributed by atoms with Gasteiger partial charge in [-0.25, -0.2) is 9.97 Å². The van der Waals surface area contributed by atoms with Crippen LogP contribution < -0.4 is 15.4 Å². The van der Waals surface area contributed by atoms with Crippen molar-refractivity contribution in [1.29, 1.82) is 0 Å². The molecule has 204 valence electrons. The molecule has 4 rings (SSSR count). The Balaban J connectivity index is 1.62. The van der Waals surface area contributed by atoms with Gasteiger partial charge in [-0.05, 0) is 86.6 Å². The number of hydrogen-bond acceptors (Lipinski definition) is 6. The average Bonchev–Trinajstić information content (AvgIpc) is 2.90. The van der Waals surface area contributed by atoms with Crippen molar-refractivity contribution >= 4 is 28.4 Å². The zero-order valence-corrected chi connectivity index (χ0v) is 22.2. The van der Waals surface area contributed by atoms with Crippen LogP contribution in [0.4, 0.5) is 24.8 Å². The fourth-order valence-corrected chi connectivity index (χ4v) is 4.08. The zero-order valence-electron chi connectivity index (χ0n) is 22.2. The van der Waals surface area contributed by atoms with Gasteiger partial charge < -0.3 is 20.3 Å². The van der Waals surface area contributed by atoms with Crippen LogP contribution in [0.25, 0.3) is 22.0 Å². The Morgan fingerprint density at radius 3 is 2.56 bits per heavy atom. The van der Waals surface area contributed by atoms with Crippen molar-refractivity contribution < 1.29 is 22.7 Å². The molecule has 0 aliphatic rings. The van der Waals surface area contributed by atoms with E-state index in [0.717, 1.165) is 46.3 Å². The number of hydrogen-bond donors (Lipinski definition) is 2. The van der Waals surface area contributed by atoms with E-state index in [-0.39, 0.29) is 11.4 Å². The average molecular weight is 538 g/mol. The van der Waals surface area contributed by atoms with Crippen LogP contribution in [0, 0.1) is 6.92 Å². The number of anilines is 2. The normalized spacial score (nSPS) is 11.6. The van der Waals surface area contributed by atoms with E-state index in [2.05, 4.69) is 20.6 Å². The number of aryl methyl sites for hydroxylation is 1. The minimum atomic E-state index is -4.56. The third kappa shape index (κ3) is 6.83. The summed E-state index contributed by atoms with van der Waals surface area (Å²) in [5, 5.41) is 6.37. The van der Waals surface area contributed by atoms with Gasteiger partial charge in [-0.1, -0.05) is 12.1 Å². The number of nitrogens with one attached hydrogen (secondary N) is 2. The number of ether oxygens (including phenoxy) is 1. The smallest absolute Gasteiger partial charge is 0.416 e. The number of halogens is 3. The highest BCUT2D eigenvalue weighted by molar-refractivity contribution is 6.06. The molecule has 0 radical (unpaired) electrons. The summed E-state index contributed by atoms with van der Waals surface area (Å²) in [7, 11) is 5.59. The van der Waals surface area contributed by atoms with E-state index in [1.54, 1.807) is 31.4 Å². The Hall–Kier alpha value is -4.18. The molecule has 0 fully saturated rings. The standard InChI is InChI=1S/C29H30F3N5O2/c1-18-6-7-20(15-23(18)19-8-10-24-21(14-19)17-34-28(33-2)36-24)27(38)35-25-16-22(29(30,31)32)9-11-26(25)39-13-5-12-37(3)4/h6-11,14-17H,5,12-13H2,1-4H3,(H,35,38)(H,33,34,36). The first-order valence-electron chi connectivity index (χ1n) is 12.4. The summed E-state index contributed by atoms with van der Waals surface area (Å²) in [6.07, 6.45) is -2.17. The van der Waals surface area contributed by atoms with Crippen molar-refractivity contribution in [2.45, 2.75) is 19.5 Å². The van der Waals surface area contributed by atoms with Gasteiger partial charge in [0.1, 0.15) is 5.75 Å². The summed E-state index contributed by atoms with van der Waals surface area (Å²) in [4.78, 5) is 23.9. The lowest BCUT2D eigenvalue weighted by atomic mass is 9.97. The molecule has 1 aromatic heterocycles. The quantitative estimate of drug-likeness (QED) is 0.246. The summed E-state index contributed by atoms with van der Waals surface area (Å²) < 4.78 is 46.0. The number of amides is 1. The minimum absolute atomic E-state index is 0.0370. The van der Waals surface area contributed by atoms with Crippen molar-refractivity contribution in [2.24, 2.45) is 0 Å². The lowest BCUT2D eigenvalue weighted by molar-refractivity contribution is -0.137. The lowest BCUT2D eigenvalue weighted by Crippen LogP contribution is -2.17. The summed E-state index contributed by atoms with van der Waals surface area (Å²) in [6, 6.07) is 14.0. The molecular weight excluding hydrogens is 507 g/mol. The third-order valence-electron chi connectivity index (χ3n) is 6.18. The van der Waals surface area contributed by atoms with Gasteiger partial charge in [-0.15, -0.1) is 0 Å². The number of carbonyl (C=O) groups is 1. The van der Waals surface area contributed by atoms with Gasteiger partial charge >= 0.3 is 6.18 Å². The molecule has 3 aromatic carbocycles. The van der Waals surface area contributed by atoms with Gasteiger partial charge in [0.2, 0.25) is 5.95 Å². The van der Waals surface area contributed by atoms with Crippen LogP contribution in [-0.2, 0) is 6.18 Å². The molecule has 0 atom stereocenters. The summed E-state index contributed by atoms with van der Waals surface area (Å²) in [5.41, 5.74) is 2.77. The highest BCUT2D eigenvalue weighted by Gasteiger charge is 2.31. The second kappa shape index (κ2) is 11.7. The van der Waals surface area contributed by atoms with Crippen LogP contribution in [0.2, 0.25) is 0 Å². The zero-order chi connectivity index (χ0) is 28.2. The molecule has 0 spiro atoms. The molecule has 1 heterocycles. The van der Waals surface area contributed by atoms with Crippen molar-refractivity contribution in [3.05, 3.63) is 77.5 Å². The molecule has 0 unspecified atom stereocenters. The first kappa shape index (κ1) is 27.8. The van der Waals surface area contributed by atoms with Crippen LogP contribution in [0.5, 0.6) is 5.75 Å². The molecule has 0 aliphatic heterocycles. The molecule has 0 aliphatic carbocycles. The fraction of sp³-hybridized carbons (Fsp3) is 0.276. The number of carbonyl (C=O) groups excluding carboxylic acids is 1. The molecule has 0 saturated heterocycles. The maximum Gasteiger partial charge on any atom is 0.416 e. The lowest BCUT2D eigenvalue weighted by Gasteiger charge is -2.17. The third-order valence-corrected chi connectivity index (χ3v) is 6.18. The van der Waals surface area contributed by atoms with E-state index < -0.39 is 17.6 Å². The largest absolute Gasteiger partial charge is 0.491 e. The van der Waals surface area contributed by atoms with Gasteiger partial charge in [-0.2, -0.15) is 13.2 Å². The van der Waals surface area contributed by atoms with Gasteiger partial charge in [-0.3, -0.25) is 4.79 Å². The van der Waals surface area contributed by atoms with Crippen molar-refractivity contribution in [3.63, 3.8) is 0 Å². The molecule has 10 heteroatoms. The van der Waals surface area contributed by atoms with E-state index >= 15 is 0 Å². The van der Waals surface area contributed by atoms with Gasteiger partial charge in [0.25, 0.3) is 5.91 Å². The predicted octanol–water partition coefficient (Wildman–Crippen LogP) is 6.25. The Labute approximate surface area is 225 Å². The Kier molecular flexibility index (Phi) is 8.35. The van der Waals surface area contributed by atoms with E-state index in [1.807, 2.05) is 44.1 Å². The van der Waals surface area contributed by atoms with Crippen LogP contribution in [-0.4, -0.2) is 55.1 Å². The first-order valence-corrected chi connectivity index (χ1v) is 12.4. The number of alkyl halides is 3. The highest BCUT2D eigenvalue weighted by atomic mass is 19.4. The van der Waals surface area contributed by atoms with Crippen molar-refractivity contribution in [1.82, 2.24) is 14.9 Å². The summed E-state index contributed by atoms with van der Waals surface area (Å²) >= 11 is 0. The van der Waals surface area contributed by atoms with Gasteiger partial charge in [0.15, 0.2) is 0 Å². The molecule has 7 nitrogen and oxygen atoms in total. The van der Waals surface area contributed by atoms with Crippen LogP contribution >= 0.6 is 0 Å². The second-order valence-electron chi connectivity index (χ2n) is 9.42. The number of benzene rings is 3. The van der Waals surface area contributed by atoms with Crippen molar-refractivity contribution in [2.75, 3.05) is 44.9 Å². The Bertz CT molecular complexity index is 1490. The van der Waals surface area contributed by atoms with Crippen LogP contribution in [0.3, 0.4) is 0 Å². The van der Waals surface area contributed by atoms with E-state index in [9.17, 15) is 18.0 Å². The molecule has 39 heavy (non-hydrogen) atoms. The molecule has 0 bridgehead atoms. The number of aromatic nitrogens is 2. The number of fused-ring (bicyclic) bond motifs is 1. The molecule has 2 N–H and O–H groups in total. The van der Waals surface area contributed by atoms with Crippen LogP contribution in [0.1, 0.15) is 27.9 Å². The van der Waals surface area contributed by atoms with Gasteiger partial charge in [0.05, 0.1) is 23.4 Å². The first-order chi connectivity index (χ1) is 18.5. The highest BCUT2D eigenvalue weighted by Crippen LogP contribution is 2.36. The van der Waals surface area contributed by atoms with Crippen LogP contribution in [0.15, 0.2) is 60.8 Å². The molecule has 1 amide bonds. The van der Waals surface area contributed by atoms with Gasteiger partial charge in [0, 0.05) is 30.7 Å². The van der Waals surface area contributed by atoms with Crippen molar-refractivity contribution in [3.8, 4) is 16.9 Å². The topological polar surface area (TPSA) is 79.4 Å². The second-order valence-corrected chi connectivity index (χ2v) is 9.42. The maximum atomic E-state index is 13.4. The fourth-order valence-electron chi connectivity index (χ4n) is 4.08. The molecule has 0 saturated carbocycles. The molecular formula is C29H30F3N5O2. The monoisotopic (exact) mass is 537 g/mol. The Morgan fingerprint density at radius 1 is 1.05 bits per heavy atom. The predicted molar refractivity (Wildman–Crippen MR) is 147 cm³/mol. The van der Waals surface area contributed by atoms with E-state index in [0.29, 0.717) is 24.5 Å². The van der Waals surface area contributed by atoms with E-state index in [4.69, 9.17) is 4.74 Å². The summed E-state index contributed by atoms with van der Waals surface area (Å²) in [6.45, 7) is 2.98. The maximum absolute atomic E-state index is 13.4. The number of nitrogens with zero attached hydrogens (tertiary/aromatic N) is 3. The van der Waals surface area contributed by atoms with E-state index in [1.165, 1.54) is 6.07 Å². The minimum Gasteiger partial charge on any atom is -0.491 e. The summed E-state index contributed by atoms with van der Waals surface area (Å²) in [5.74, 6) is 0.148. The Morgan fingerprint density at radius 2 is 1.85 bits per heavy atom.